The summed E-state index contributed by atoms with van der Waals surface area (Å²) in [4.78, 5) is 27.3. The molecule has 168 valence electrons. The fourth-order valence-corrected chi connectivity index (χ4v) is 4.41. The van der Waals surface area contributed by atoms with Crippen LogP contribution < -0.4 is 0 Å². The Morgan fingerprint density at radius 1 is 1.06 bits per heavy atom. The van der Waals surface area contributed by atoms with E-state index in [0.717, 1.165) is 41.8 Å². The molecule has 0 radical (unpaired) electrons. The monoisotopic (exact) mass is 450 g/mol. The lowest BCUT2D eigenvalue weighted by molar-refractivity contribution is -0.137. The van der Waals surface area contributed by atoms with Gasteiger partial charge in [-0.3, -0.25) is 9.78 Å². The SMILES string of the molecule is Cc1nc2ccc(C(=O)N3CCC[C@H]3c3cccc(-c4cccc(C(F)(F)F)c4)n3)cc2[nH]1. The van der Waals surface area contributed by atoms with E-state index in [0.29, 0.717) is 29.1 Å². The smallest absolute Gasteiger partial charge is 0.342 e. The van der Waals surface area contributed by atoms with Gasteiger partial charge in [-0.15, -0.1) is 0 Å². The number of nitrogens with zero attached hydrogens (tertiary/aromatic N) is 3. The molecule has 2 aromatic heterocycles. The van der Waals surface area contributed by atoms with Crippen LogP contribution in [0, 0.1) is 6.92 Å². The number of alkyl halides is 3. The van der Waals surface area contributed by atoms with Crippen molar-refractivity contribution in [1.29, 1.82) is 0 Å². The highest BCUT2D eigenvalue weighted by Gasteiger charge is 2.33. The van der Waals surface area contributed by atoms with Crippen LogP contribution in [0.15, 0.2) is 60.7 Å². The number of imidazole rings is 1. The number of aryl methyl sites for hydroxylation is 1. The van der Waals surface area contributed by atoms with Crippen molar-refractivity contribution in [1.82, 2.24) is 19.9 Å². The predicted octanol–water partition coefficient (Wildman–Crippen LogP) is 5.93. The quantitative estimate of drug-likeness (QED) is 0.421. The van der Waals surface area contributed by atoms with Crippen molar-refractivity contribution in [3.8, 4) is 11.3 Å². The number of pyridine rings is 1. The Labute approximate surface area is 188 Å². The summed E-state index contributed by atoms with van der Waals surface area (Å²) in [5.41, 5.74) is 2.97. The maximum atomic E-state index is 13.3. The number of amides is 1. The highest BCUT2D eigenvalue weighted by atomic mass is 19.4. The van der Waals surface area contributed by atoms with Gasteiger partial charge >= 0.3 is 6.18 Å². The summed E-state index contributed by atoms with van der Waals surface area (Å²) in [5, 5.41) is 0. The molecule has 1 N–H and O–H groups in total. The lowest BCUT2D eigenvalue weighted by Gasteiger charge is -2.25. The lowest BCUT2D eigenvalue weighted by atomic mass is 10.0. The summed E-state index contributed by atoms with van der Waals surface area (Å²) in [5.74, 6) is 0.683. The zero-order valence-corrected chi connectivity index (χ0v) is 17.9. The molecule has 0 aliphatic carbocycles. The third-order valence-corrected chi connectivity index (χ3v) is 5.96. The number of aromatic amines is 1. The Hall–Kier alpha value is -3.68. The maximum absolute atomic E-state index is 13.3. The highest BCUT2D eigenvalue weighted by Crippen LogP contribution is 2.35. The van der Waals surface area contributed by atoms with Crippen LogP contribution in [0.4, 0.5) is 13.2 Å². The van der Waals surface area contributed by atoms with Crippen molar-refractivity contribution < 1.29 is 18.0 Å². The molecule has 5 rings (SSSR count). The molecule has 5 nitrogen and oxygen atoms in total. The molecule has 0 unspecified atom stereocenters. The van der Waals surface area contributed by atoms with Crippen LogP contribution >= 0.6 is 0 Å². The van der Waals surface area contributed by atoms with Crippen LogP contribution in [0.2, 0.25) is 0 Å². The Morgan fingerprint density at radius 2 is 1.88 bits per heavy atom. The minimum atomic E-state index is -4.42. The fourth-order valence-electron chi connectivity index (χ4n) is 4.41. The van der Waals surface area contributed by atoms with Crippen LogP contribution in [-0.2, 0) is 6.18 Å². The second kappa shape index (κ2) is 8.03. The number of carbonyl (C=O) groups is 1. The van der Waals surface area contributed by atoms with Crippen LogP contribution in [0.25, 0.3) is 22.3 Å². The fraction of sp³-hybridized carbons (Fsp3) is 0.240. The predicted molar refractivity (Wildman–Crippen MR) is 119 cm³/mol. The Bertz CT molecular complexity index is 1340. The second-order valence-electron chi connectivity index (χ2n) is 8.24. The van der Waals surface area contributed by atoms with Gasteiger partial charge in [0, 0.05) is 17.7 Å². The van der Waals surface area contributed by atoms with Crippen LogP contribution in [-0.4, -0.2) is 32.3 Å². The first-order valence-electron chi connectivity index (χ1n) is 10.7. The molecule has 1 amide bonds. The lowest BCUT2D eigenvalue weighted by Crippen LogP contribution is -2.31. The summed E-state index contributed by atoms with van der Waals surface area (Å²) in [6.07, 6.45) is -2.84. The zero-order valence-electron chi connectivity index (χ0n) is 17.9. The van der Waals surface area contributed by atoms with Crippen molar-refractivity contribution in [2.24, 2.45) is 0 Å². The van der Waals surface area contributed by atoms with Gasteiger partial charge in [0.05, 0.1) is 34.0 Å². The number of rotatable bonds is 3. The first-order valence-corrected chi connectivity index (χ1v) is 10.7. The number of halogens is 3. The van der Waals surface area contributed by atoms with Gasteiger partial charge < -0.3 is 9.88 Å². The van der Waals surface area contributed by atoms with Gasteiger partial charge in [0.15, 0.2) is 0 Å². The standard InChI is InChI=1S/C25H21F3N4O/c1-15-29-20-11-10-17(14-22(20)30-15)24(33)32-12-4-9-23(32)21-8-3-7-19(31-21)16-5-2-6-18(13-16)25(26,27)28/h2-3,5-8,10-11,13-14,23H,4,9,12H2,1H3,(H,29,30)/t23-/m0/s1. The number of H-pyrrole nitrogens is 1. The Balaban J connectivity index is 1.45. The molecule has 8 heteroatoms. The molecular weight excluding hydrogens is 429 g/mol. The molecule has 2 aromatic carbocycles. The van der Waals surface area contributed by atoms with Crippen molar-refractivity contribution in [2.75, 3.05) is 6.54 Å². The number of nitrogens with one attached hydrogen (secondary N) is 1. The van der Waals surface area contributed by atoms with Crippen LogP contribution in [0.5, 0.6) is 0 Å². The molecule has 0 bridgehead atoms. The number of fused-ring (bicyclic) bond motifs is 1. The normalized spacial score (nSPS) is 16.5. The third-order valence-electron chi connectivity index (χ3n) is 5.96. The topological polar surface area (TPSA) is 61.9 Å². The van der Waals surface area contributed by atoms with E-state index in [-0.39, 0.29) is 11.9 Å². The number of aromatic nitrogens is 3. The van der Waals surface area contributed by atoms with E-state index in [1.165, 1.54) is 6.07 Å². The molecule has 1 saturated heterocycles. The van der Waals surface area contributed by atoms with E-state index in [4.69, 9.17) is 0 Å². The molecule has 4 aromatic rings. The van der Waals surface area contributed by atoms with Crippen LogP contribution in [0.1, 0.15) is 46.3 Å². The average Bonchev–Trinajstić information content (AvgIpc) is 3.43. The zero-order chi connectivity index (χ0) is 23.2. The highest BCUT2D eigenvalue weighted by molar-refractivity contribution is 5.97. The maximum Gasteiger partial charge on any atom is 0.416 e. The van der Waals surface area contributed by atoms with Gasteiger partial charge in [0.1, 0.15) is 5.82 Å². The Kier molecular flexibility index (Phi) is 5.15. The van der Waals surface area contributed by atoms with Gasteiger partial charge in [-0.05, 0) is 62.2 Å². The summed E-state index contributed by atoms with van der Waals surface area (Å²) in [7, 11) is 0. The minimum Gasteiger partial charge on any atom is -0.342 e. The number of benzene rings is 2. The number of hydrogen-bond acceptors (Lipinski definition) is 3. The third kappa shape index (κ3) is 4.08. The van der Waals surface area contributed by atoms with Gasteiger partial charge in [-0.25, -0.2) is 4.98 Å². The number of likely N-dealkylation sites (tertiary alicyclic amines) is 1. The molecule has 1 fully saturated rings. The summed E-state index contributed by atoms with van der Waals surface area (Å²) >= 11 is 0. The average molecular weight is 450 g/mol. The molecule has 33 heavy (non-hydrogen) atoms. The first-order chi connectivity index (χ1) is 15.8. The van der Waals surface area contributed by atoms with E-state index in [1.807, 2.05) is 19.1 Å². The summed E-state index contributed by atoms with van der Waals surface area (Å²) in [6, 6.07) is 15.6. The van der Waals surface area contributed by atoms with E-state index < -0.39 is 11.7 Å². The van der Waals surface area contributed by atoms with Crippen molar-refractivity contribution in [2.45, 2.75) is 32.0 Å². The minimum absolute atomic E-state index is 0.0991. The van der Waals surface area contributed by atoms with Crippen molar-refractivity contribution >= 4 is 16.9 Å². The van der Waals surface area contributed by atoms with E-state index in [1.54, 1.807) is 35.2 Å². The first kappa shape index (κ1) is 21.2. The number of hydrogen-bond donors (Lipinski definition) is 1. The van der Waals surface area contributed by atoms with Gasteiger partial charge in [0.25, 0.3) is 5.91 Å². The van der Waals surface area contributed by atoms with E-state index >= 15 is 0 Å². The van der Waals surface area contributed by atoms with Crippen molar-refractivity contribution in [3.63, 3.8) is 0 Å². The van der Waals surface area contributed by atoms with E-state index in [2.05, 4.69) is 15.0 Å². The van der Waals surface area contributed by atoms with Gasteiger partial charge in [-0.2, -0.15) is 13.2 Å². The summed E-state index contributed by atoms with van der Waals surface area (Å²) in [6.45, 7) is 2.46. The van der Waals surface area contributed by atoms with Crippen molar-refractivity contribution in [3.05, 3.63) is 83.3 Å². The summed E-state index contributed by atoms with van der Waals surface area (Å²) < 4.78 is 39.4. The van der Waals surface area contributed by atoms with Gasteiger partial charge in [-0.1, -0.05) is 18.2 Å². The molecule has 3 heterocycles. The largest absolute Gasteiger partial charge is 0.416 e. The molecule has 1 atom stereocenters. The molecular formula is C25H21F3N4O. The van der Waals surface area contributed by atoms with Gasteiger partial charge in [0.2, 0.25) is 0 Å². The van der Waals surface area contributed by atoms with Crippen LogP contribution in [0.3, 0.4) is 0 Å². The molecule has 1 aliphatic rings. The molecule has 0 saturated carbocycles. The number of carbonyl (C=O) groups excluding carboxylic acids is 1. The van der Waals surface area contributed by atoms with E-state index in [9.17, 15) is 18.0 Å². The molecule has 1 aliphatic heterocycles. The molecule has 0 spiro atoms. The Morgan fingerprint density at radius 3 is 2.70 bits per heavy atom. The second-order valence-corrected chi connectivity index (χ2v) is 8.24.